The van der Waals surface area contributed by atoms with E-state index in [2.05, 4.69) is 17.4 Å². The number of amides is 1. The van der Waals surface area contributed by atoms with Gasteiger partial charge in [0.05, 0.1) is 7.11 Å². The summed E-state index contributed by atoms with van der Waals surface area (Å²) in [6, 6.07) is 14.0. The molecular weight excluding hydrogens is 314 g/mol. The normalized spacial score (nSPS) is 11.7. The van der Waals surface area contributed by atoms with E-state index in [-0.39, 0.29) is 5.91 Å². The second kappa shape index (κ2) is 9.11. The highest BCUT2D eigenvalue weighted by Gasteiger charge is 2.14. The lowest BCUT2D eigenvalue weighted by Crippen LogP contribution is -2.37. The van der Waals surface area contributed by atoms with Crippen LogP contribution >= 0.6 is 0 Å². The first kappa shape index (κ1) is 18.8. The SMILES string of the molecule is COc1cccc(CCCNC(=O)[C@H](C)Oc2cc(C)cc(C)c2)c1. The lowest BCUT2D eigenvalue weighted by Gasteiger charge is -2.15. The molecule has 4 heteroatoms. The van der Waals surface area contributed by atoms with Crippen LogP contribution in [0.25, 0.3) is 0 Å². The zero-order valence-electron chi connectivity index (χ0n) is 15.5. The Balaban J connectivity index is 1.75. The summed E-state index contributed by atoms with van der Waals surface area (Å²) < 4.78 is 11.0. The van der Waals surface area contributed by atoms with Crippen LogP contribution in [-0.4, -0.2) is 25.7 Å². The lowest BCUT2D eigenvalue weighted by atomic mass is 10.1. The largest absolute Gasteiger partial charge is 0.497 e. The first-order valence-electron chi connectivity index (χ1n) is 8.63. The molecule has 2 rings (SSSR count). The lowest BCUT2D eigenvalue weighted by molar-refractivity contribution is -0.127. The highest BCUT2D eigenvalue weighted by Crippen LogP contribution is 2.17. The number of ether oxygens (including phenoxy) is 2. The van der Waals surface area contributed by atoms with E-state index in [0.717, 1.165) is 35.5 Å². The van der Waals surface area contributed by atoms with E-state index < -0.39 is 6.10 Å². The standard InChI is InChI=1S/C21H27NO3/c1-15-11-16(2)13-20(12-15)25-17(3)21(23)22-10-6-8-18-7-5-9-19(14-18)24-4/h5,7,9,11-14,17H,6,8,10H2,1-4H3,(H,22,23)/t17-/m0/s1. The second-order valence-corrected chi connectivity index (χ2v) is 6.33. The van der Waals surface area contributed by atoms with Gasteiger partial charge in [0, 0.05) is 6.54 Å². The maximum atomic E-state index is 12.2. The number of carbonyl (C=O) groups is 1. The summed E-state index contributed by atoms with van der Waals surface area (Å²) >= 11 is 0. The Bertz CT molecular complexity index is 692. The number of hydrogen-bond acceptors (Lipinski definition) is 3. The van der Waals surface area contributed by atoms with Gasteiger partial charge in [0.1, 0.15) is 11.5 Å². The van der Waals surface area contributed by atoms with Crippen molar-refractivity contribution in [1.29, 1.82) is 0 Å². The number of carbonyl (C=O) groups excluding carboxylic acids is 1. The van der Waals surface area contributed by atoms with Crippen molar-refractivity contribution in [3.8, 4) is 11.5 Å². The van der Waals surface area contributed by atoms with Crippen molar-refractivity contribution in [2.24, 2.45) is 0 Å². The number of benzene rings is 2. The summed E-state index contributed by atoms with van der Waals surface area (Å²) in [5.41, 5.74) is 3.45. The predicted octanol–water partition coefficient (Wildman–Crippen LogP) is 3.83. The molecule has 0 spiro atoms. The van der Waals surface area contributed by atoms with Crippen LogP contribution < -0.4 is 14.8 Å². The summed E-state index contributed by atoms with van der Waals surface area (Å²) in [5.74, 6) is 1.50. The van der Waals surface area contributed by atoms with Crippen molar-refractivity contribution in [3.05, 3.63) is 59.2 Å². The number of rotatable bonds is 8. The molecule has 0 saturated carbocycles. The number of nitrogens with one attached hydrogen (secondary N) is 1. The minimum Gasteiger partial charge on any atom is -0.497 e. The van der Waals surface area contributed by atoms with Gasteiger partial charge in [-0.3, -0.25) is 4.79 Å². The van der Waals surface area contributed by atoms with Crippen LogP contribution in [0.15, 0.2) is 42.5 Å². The maximum Gasteiger partial charge on any atom is 0.260 e. The molecule has 2 aromatic carbocycles. The molecule has 1 amide bonds. The van der Waals surface area contributed by atoms with Crippen molar-refractivity contribution in [3.63, 3.8) is 0 Å². The molecule has 0 radical (unpaired) electrons. The molecule has 0 unspecified atom stereocenters. The predicted molar refractivity (Wildman–Crippen MR) is 100 cm³/mol. The molecule has 0 fully saturated rings. The first-order chi connectivity index (χ1) is 12.0. The van der Waals surface area contributed by atoms with Crippen molar-refractivity contribution >= 4 is 5.91 Å². The number of methoxy groups -OCH3 is 1. The highest BCUT2D eigenvalue weighted by molar-refractivity contribution is 5.80. The van der Waals surface area contributed by atoms with E-state index >= 15 is 0 Å². The fraction of sp³-hybridized carbons (Fsp3) is 0.381. The molecule has 0 aliphatic rings. The van der Waals surface area contributed by atoms with E-state index in [9.17, 15) is 4.79 Å². The van der Waals surface area contributed by atoms with Gasteiger partial charge in [-0.2, -0.15) is 0 Å². The zero-order valence-corrected chi connectivity index (χ0v) is 15.5. The Labute approximate surface area is 150 Å². The van der Waals surface area contributed by atoms with Crippen LogP contribution in [0.1, 0.15) is 30.0 Å². The molecule has 0 heterocycles. The molecule has 134 valence electrons. The number of hydrogen-bond donors (Lipinski definition) is 1. The van der Waals surface area contributed by atoms with Gasteiger partial charge in [0.15, 0.2) is 6.10 Å². The Morgan fingerprint density at radius 1 is 1.08 bits per heavy atom. The van der Waals surface area contributed by atoms with Crippen LogP contribution in [0.3, 0.4) is 0 Å². The van der Waals surface area contributed by atoms with E-state index in [1.807, 2.05) is 44.2 Å². The third-order valence-electron chi connectivity index (χ3n) is 3.95. The minimum absolute atomic E-state index is 0.0928. The number of aryl methyl sites for hydroxylation is 3. The molecule has 25 heavy (non-hydrogen) atoms. The fourth-order valence-electron chi connectivity index (χ4n) is 2.73. The van der Waals surface area contributed by atoms with Gasteiger partial charge < -0.3 is 14.8 Å². The Morgan fingerprint density at radius 3 is 2.48 bits per heavy atom. The summed E-state index contributed by atoms with van der Waals surface area (Å²) in [4.78, 5) is 12.2. The van der Waals surface area contributed by atoms with Gasteiger partial charge >= 0.3 is 0 Å². The Hall–Kier alpha value is -2.49. The topological polar surface area (TPSA) is 47.6 Å². The summed E-state index contributed by atoms with van der Waals surface area (Å²) in [5, 5.41) is 2.94. The second-order valence-electron chi connectivity index (χ2n) is 6.33. The Kier molecular flexibility index (Phi) is 6.87. The molecule has 4 nitrogen and oxygen atoms in total. The highest BCUT2D eigenvalue weighted by atomic mass is 16.5. The first-order valence-corrected chi connectivity index (χ1v) is 8.63. The average molecular weight is 341 g/mol. The van der Waals surface area contributed by atoms with Gasteiger partial charge in [0.25, 0.3) is 5.91 Å². The third kappa shape index (κ3) is 6.14. The molecule has 2 aromatic rings. The summed E-state index contributed by atoms with van der Waals surface area (Å²) in [6.45, 7) is 6.43. The minimum atomic E-state index is -0.516. The molecule has 1 atom stereocenters. The van der Waals surface area contributed by atoms with E-state index in [1.54, 1.807) is 14.0 Å². The fourth-order valence-corrected chi connectivity index (χ4v) is 2.73. The average Bonchev–Trinajstić information content (AvgIpc) is 2.57. The van der Waals surface area contributed by atoms with Crippen LogP contribution in [0.5, 0.6) is 11.5 Å². The summed E-state index contributed by atoms with van der Waals surface area (Å²) in [7, 11) is 1.66. The van der Waals surface area contributed by atoms with Crippen molar-refractivity contribution < 1.29 is 14.3 Å². The molecule has 0 aliphatic carbocycles. The molecule has 0 aliphatic heterocycles. The van der Waals surface area contributed by atoms with Crippen LogP contribution in [-0.2, 0) is 11.2 Å². The van der Waals surface area contributed by atoms with Gasteiger partial charge in [-0.25, -0.2) is 0 Å². The van der Waals surface area contributed by atoms with Gasteiger partial charge in [-0.05, 0) is 74.6 Å². The maximum absolute atomic E-state index is 12.2. The van der Waals surface area contributed by atoms with Crippen molar-refractivity contribution in [1.82, 2.24) is 5.32 Å². The van der Waals surface area contributed by atoms with Crippen molar-refractivity contribution in [2.75, 3.05) is 13.7 Å². The molecule has 0 aromatic heterocycles. The monoisotopic (exact) mass is 341 g/mol. The van der Waals surface area contributed by atoms with Crippen LogP contribution in [0.4, 0.5) is 0 Å². The molecule has 1 N–H and O–H groups in total. The zero-order chi connectivity index (χ0) is 18.2. The van der Waals surface area contributed by atoms with E-state index in [4.69, 9.17) is 9.47 Å². The molecule has 0 saturated heterocycles. The van der Waals surface area contributed by atoms with Gasteiger partial charge in [-0.1, -0.05) is 18.2 Å². The quantitative estimate of drug-likeness (QED) is 0.742. The summed E-state index contributed by atoms with van der Waals surface area (Å²) in [6.07, 6.45) is 1.25. The molecule has 0 bridgehead atoms. The third-order valence-corrected chi connectivity index (χ3v) is 3.95. The Morgan fingerprint density at radius 2 is 1.80 bits per heavy atom. The van der Waals surface area contributed by atoms with Crippen LogP contribution in [0.2, 0.25) is 0 Å². The van der Waals surface area contributed by atoms with E-state index in [1.165, 1.54) is 5.56 Å². The van der Waals surface area contributed by atoms with Crippen molar-refractivity contribution in [2.45, 2.75) is 39.7 Å². The molecular formula is C21H27NO3. The smallest absolute Gasteiger partial charge is 0.260 e. The van der Waals surface area contributed by atoms with Gasteiger partial charge in [-0.15, -0.1) is 0 Å². The van der Waals surface area contributed by atoms with E-state index in [0.29, 0.717) is 6.54 Å². The van der Waals surface area contributed by atoms with Crippen LogP contribution in [0, 0.1) is 13.8 Å². The van der Waals surface area contributed by atoms with Gasteiger partial charge in [0.2, 0.25) is 0 Å².